The molecule has 2 aromatic rings. The molecule has 7 nitrogen and oxygen atoms in total. The minimum Gasteiger partial charge on any atom is -0.338 e. The maximum absolute atomic E-state index is 12.6. The number of aromatic nitrogens is 2. The highest BCUT2D eigenvalue weighted by molar-refractivity contribution is 7.99. The van der Waals surface area contributed by atoms with Crippen LogP contribution in [0.2, 0.25) is 0 Å². The number of carbonyl (C=O) groups is 1. The van der Waals surface area contributed by atoms with Gasteiger partial charge in [-0.2, -0.15) is 4.98 Å². The van der Waals surface area contributed by atoms with Gasteiger partial charge >= 0.3 is 0 Å². The van der Waals surface area contributed by atoms with Crippen LogP contribution in [0.15, 0.2) is 34.0 Å². The zero-order valence-corrected chi connectivity index (χ0v) is 17.1. The summed E-state index contributed by atoms with van der Waals surface area (Å²) < 4.78 is 28.7. The Hall–Kier alpha value is -1.87. The average Bonchev–Trinajstić information content (AvgIpc) is 3.24. The fourth-order valence-corrected chi connectivity index (χ4v) is 5.53. The van der Waals surface area contributed by atoms with E-state index in [0.29, 0.717) is 24.0 Å². The van der Waals surface area contributed by atoms with Crippen LogP contribution in [0.1, 0.15) is 25.3 Å². The first-order chi connectivity index (χ1) is 12.9. The summed E-state index contributed by atoms with van der Waals surface area (Å²) >= 11 is 1.18. The number of aryl methyl sites for hydroxylation is 1. The molecule has 1 fully saturated rings. The van der Waals surface area contributed by atoms with Crippen LogP contribution in [0.25, 0.3) is 11.4 Å². The molecule has 27 heavy (non-hydrogen) atoms. The van der Waals surface area contributed by atoms with Crippen LogP contribution < -0.4 is 0 Å². The zero-order chi connectivity index (χ0) is 19.4. The Kier molecular flexibility index (Phi) is 6.21. The van der Waals surface area contributed by atoms with Crippen LogP contribution in [0, 0.1) is 6.92 Å². The smallest absolute Gasteiger partial charge is 0.286 e. The summed E-state index contributed by atoms with van der Waals surface area (Å²) in [5, 5.41) is 4.30. The van der Waals surface area contributed by atoms with E-state index in [-0.39, 0.29) is 29.2 Å². The molecule has 2 heterocycles. The third kappa shape index (κ3) is 5.10. The van der Waals surface area contributed by atoms with Crippen molar-refractivity contribution >= 4 is 27.5 Å². The molecule has 0 radical (unpaired) electrons. The molecule has 1 saturated heterocycles. The van der Waals surface area contributed by atoms with Gasteiger partial charge in [-0.3, -0.25) is 4.79 Å². The maximum atomic E-state index is 12.6. The van der Waals surface area contributed by atoms with E-state index in [9.17, 15) is 13.2 Å². The number of carbonyl (C=O) groups excluding carboxylic acids is 1. The number of amides is 1. The molecular weight excluding hydrogens is 386 g/mol. The lowest BCUT2D eigenvalue weighted by Crippen LogP contribution is -2.42. The van der Waals surface area contributed by atoms with Crippen molar-refractivity contribution in [1.82, 2.24) is 15.0 Å². The molecule has 0 aliphatic carbocycles. The second-order valence-corrected chi connectivity index (χ2v) is 9.84. The van der Waals surface area contributed by atoms with E-state index in [2.05, 4.69) is 10.1 Å². The molecule has 1 aliphatic heterocycles. The van der Waals surface area contributed by atoms with Gasteiger partial charge in [0, 0.05) is 18.2 Å². The molecule has 1 aliphatic rings. The highest BCUT2D eigenvalue weighted by Crippen LogP contribution is 2.24. The van der Waals surface area contributed by atoms with Crippen molar-refractivity contribution in [3.63, 3.8) is 0 Å². The Morgan fingerprint density at radius 3 is 2.89 bits per heavy atom. The molecule has 3 rings (SSSR count). The maximum Gasteiger partial charge on any atom is 0.286 e. The van der Waals surface area contributed by atoms with Gasteiger partial charge in [0.2, 0.25) is 11.7 Å². The predicted molar refractivity (Wildman–Crippen MR) is 104 cm³/mol. The fraction of sp³-hybridized carbons (Fsp3) is 0.500. The third-order valence-electron chi connectivity index (χ3n) is 4.44. The summed E-state index contributed by atoms with van der Waals surface area (Å²) in [6.45, 7) is 4.52. The largest absolute Gasteiger partial charge is 0.338 e. The number of benzene rings is 1. The molecule has 146 valence electrons. The van der Waals surface area contributed by atoms with Gasteiger partial charge in [-0.25, -0.2) is 8.42 Å². The van der Waals surface area contributed by atoms with Crippen molar-refractivity contribution in [1.29, 1.82) is 0 Å². The predicted octanol–water partition coefficient (Wildman–Crippen LogP) is 2.56. The van der Waals surface area contributed by atoms with E-state index >= 15 is 0 Å². The van der Waals surface area contributed by atoms with Crippen molar-refractivity contribution in [3.8, 4) is 11.4 Å². The van der Waals surface area contributed by atoms with Crippen LogP contribution in [0.4, 0.5) is 0 Å². The standard InChI is InChI=1S/C18H23N3O4S2/c1-3-8-21(15-7-9-27(23,24)12-15)16(22)11-26-18-19-17(20-25-18)14-6-4-5-13(2)10-14/h4-6,10,15H,3,7-9,11-12H2,1-2H3. The molecule has 1 unspecified atom stereocenters. The van der Waals surface area contributed by atoms with E-state index in [4.69, 9.17) is 4.52 Å². The Balaban J connectivity index is 1.62. The summed E-state index contributed by atoms with van der Waals surface area (Å²) in [7, 11) is -3.03. The second kappa shape index (κ2) is 8.43. The molecule has 1 atom stereocenters. The number of rotatable bonds is 7. The summed E-state index contributed by atoms with van der Waals surface area (Å²) in [6, 6.07) is 7.56. The van der Waals surface area contributed by atoms with Gasteiger partial charge < -0.3 is 9.42 Å². The summed E-state index contributed by atoms with van der Waals surface area (Å²) in [6.07, 6.45) is 1.29. The third-order valence-corrected chi connectivity index (χ3v) is 6.99. The van der Waals surface area contributed by atoms with E-state index in [1.807, 2.05) is 38.1 Å². The van der Waals surface area contributed by atoms with Gasteiger partial charge in [0.15, 0.2) is 9.84 Å². The van der Waals surface area contributed by atoms with Gasteiger partial charge in [0.05, 0.1) is 17.3 Å². The number of thioether (sulfide) groups is 1. The molecule has 1 aromatic heterocycles. The zero-order valence-electron chi connectivity index (χ0n) is 15.4. The topological polar surface area (TPSA) is 93.4 Å². The number of sulfone groups is 1. The lowest BCUT2D eigenvalue weighted by atomic mass is 10.1. The minimum absolute atomic E-state index is 0.0570. The van der Waals surface area contributed by atoms with Crippen molar-refractivity contribution in [2.75, 3.05) is 23.8 Å². The first kappa shape index (κ1) is 19.9. The molecule has 0 saturated carbocycles. The Morgan fingerprint density at radius 1 is 1.41 bits per heavy atom. The molecule has 9 heteroatoms. The summed E-state index contributed by atoms with van der Waals surface area (Å²) in [5.74, 6) is 0.746. The molecular formula is C18H23N3O4S2. The van der Waals surface area contributed by atoms with Crippen molar-refractivity contribution < 1.29 is 17.7 Å². The number of nitrogens with zero attached hydrogens (tertiary/aromatic N) is 3. The molecule has 0 bridgehead atoms. The van der Waals surface area contributed by atoms with Crippen LogP contribution in [0.5, 0.6) is 0 Å². The van der Waals surface area contributed by atoms with Crippen LogP contribution in [-0.2, 0) is 14.6 Å². The molecule has 1 amide bonds. The molecule has 0 spiro atoms. The summed E-state index contributed by atoms with van der Waals surface area (Å²) in [4.78, 5) is 18.7. The Bertz CT molecular complexity index is 911. The van der Waals surface area contributed by atoms with E-state index in [1.165, 1.54) is 11.8 Å². The van der Waals surface area contributed by atoms with Gasteiger partial charge in [0.25, 0.3) is 5.22 Å². The first-order valence-corrected chi connectivity index (χ1v) is 11.7. The highest BCUT2D eigenvalue weighted by atomic mass is 32.2. The van der Waals surface area contributed by atoms with Gasteiger partial charge in [-0.05, 0) is 25.8 Å². The number of hydrogen-bond acceptors (Lipinski definition) is 7. The van der Waals surface area contributed by atoms with Crippen LogP contribution >= 0.6 is 11.8 Å². The lowest BCUT2D eigenvalue weighted by molar-refractivity contribution is -0.130. The van der Waals surface area contributed by atoms with E-state index < -0.39 is 9.84 Å². The van der Waals surface area contributed by atoms with E-state index in [0.717, 1.165) is 17.5 Å². The van der Waals surface area contributed by atoms with Gasteiger partial charge in [-0.1, -0.05) is 47.6 Å². The van der Waals surface area contributed by atoms with Crippen molar-refractivity contribution in [3.05, 3.63) is 29.8 Å². The minimum atomic E-state index is -3.03. The van der Waals surface area contributed by atoms with Crippen LogP contribution in [0.3, 0.4) is 0 Å². The van der Waals surface area contributed by atoms with Crippen molar-refractivity contribution in [2.45, 2.75) is 38.0 Å². The van der Waals surface area contributed by atoms with Gasteiger partial charge in [-0.15, -0.1) is 0 Å². The van der Waals surface area contributed by atoms with Crippen molar-refractivity contribution in [2.24, 2.45) is 0 Å². The quantitative estimate of drug-likeness (QED) is 0.649. The fourth-order valence-electron chi connectivity index (χ4n) is 3.15. The van der Waals surface area contributed by atoms with E-state index in [1.54, 1.807) is 4.90 Å². The SMILES string of the molecule is CCCN(C(=O)CSc1nc(-c2cccc(C)c2)no1)C1CCS(=O)(=O)C1. The lowest BCUT2D eigenvalue weighted by Gasteiger charge is -2.27. The first-order valence-electron chi connectivity index (χ1n) is 8.91. The van der Waals surface area contributed by atoms with Gasteiger partial charge in [0.1, 0.15) is 0 Å². The number of hydrogen-bond donors (Lipinski definition) is 0. The normalized spacial score (nSPS) is 18.5. The Morgan fingerprint density at radius 2 is 2.22 bits per heavy atom. The average molecular weight is 410 g/mol. The monoisotopic (exact) mass is 409 g/mol. The van der Waals surface area contributed by atoms with Crippen LogP contribution in [-0.4, -0.2) is 59.2 Å². The molecule has 1 aromatic carbocycles. The summed E-state index contributed by atoms with van der Waals surface area (Å²) in [5.41, 5.74) is 1.96. The Labute approximate surface area is 163 Å². The highest BCUT2D eigenvalue weighted by Gasteiger charge is 2.34. The molecule has 0 N–H and O–H groups in total. The second-order valence-electron chi connectivity index (χ2n) is 6.69.